The monoisotopic (exact) mass is 349 g/mol. The Bertz CT molecular complexity index is 538. The lowest BCUT2D eigenvalue weighted by molar-refractivity contribution is 0.232. The minimum atomic E-state index is 0.488. The Kier molecular flexibility index (Phi) is 7.75. The number of hydrogen-bond acceptors (Lipinski definition) is 4. The van der Waals surface area contributed by atoms with Crippen LogP contribution in [0.5, 0.6) is 0 Å². The fraction of sp³-hybridized carbons (Fsp3) is 0.789. The topological polar surface area (TPSA) is 56.9 Å². The second-order valence-electron chi connectivity index (χ2n) is 6.94. The number of likely N-dealkylation sites (tertiary alicyclic amines) is 1. The van der Waals surface area contributed by atoms with Gasteiger partial charge in [-0.05, 0) is 38.8 Å². The van der Waals surface area contributed by atoms with Crippen LogP contribution in [0.4, 0.5) is 0 Å². The van der Waals surface area contributed by atoms with E-state index in [4.69, 9.17) is 4.52 Å². The number of guanidine groups is 1. The number of rotatable bonds is 8. The van der Waals surface area contributed by atoms with Crippen LogP contribution in [0.1, 0.15) is 63.8 Å². The maximum absolute atomic E-state index is 5.50. The molecule has 1 aliphatic heterocycles. The molecule has 0 spiro atoms. The fourth-order valence-electron chi connectivity index (χ4n) is 3.78. The van der Waals surface area contributed by atoms with Crippen molar-refractivity contribution < 1.29 is 4.52 Å². The normalized spacial score (nSPS) is 19.0. The van der Waals surface area contributed by atoms with Gasteiger partial charge in [-0.15, -0.1) is 0 Å². The number of aliphatic imine (C=N–C) groups is 1. The van der Waals surface area contributed by atoms with Crippen molar-refractivity contribution in [1.82, 2.24) is 20.3 Å². The van der Waals surface area contributed by atoms with Crippen molar-refractivity contribution in [2.75, 3.05) is 33.7 Å². The van der Waals surface area contributed by atoms with E-state index >= 15 is 0 Å². The quantitative estimate of drug-likeness (QED) is 0.577. The molecule has 0 aromatic carbocycles. The van der Waals surface area contributed by atoms with Crippen molar-refractivity contribution in [1.29, 1.82) is 0 Å². The van der Waals surface area contributed by atoms with Crippen LogP contribution in [-0.2, 0) is 6.54 Å². The summed E-state index contributed by atoms with van der Waals surface area (Å²) in [7, 11) is 3.94. The molecule has 0 bridgehead atoms. The molecule has 1 aliphatic rings. The van der Waals surface area contributed by atoms with E-state index in [1.165, 1.54) is 19.4 Å². The maximum atomic E-state index is 5.50. The van der Waals surface area contributed by atoms with Gasteiger partial charge < -0.3 is 14.7 Å². The first kappa shape index (κ1) is 19.8. The van der Waals surface area contributed by atoms with Gasteiger partial charge in [0, 0.05) is 38.7 Å². The average molecular weight is 350 g/mol. The molecule has 6 heteroatoms. The Hall–Kier alpha value is -1.56. The Labute approximate surface area is 152 Å². The number of nitrogens with zero attached hydrogens (tertiary/aromatic N) is 4. The zero-order valence-electron chi connectivity index (χ0n) is 16.6. The summed E-state index contributed by atoms with van der Waals surface area (Å²) in [6, 6.07) is 2.70. The second-order valence-corrected chi connectivity index (χ2v) is 6.94. The standard InChI is InChI=1S/C19H35N5O/c1-6-15(7-2)18-12-17(25-22-18)13-21-19(20-4)23(5)14-16-10-9-11-24(16)8-3/h12,15-16H,6-11,13-14H2,1-5H3,(H,20,21). The summed E-state index contributed by atoms with van der Waals surface area (Å²) in [6.45, 7) is 10.6. The Balaban J connectivity index is 1.87. The number of hydrogen-bond donors (Lipinski definition) is 1. The maximum Gasteiger partial charge on any atom is 0.193 e. The van der Waals surface area contributed by atoms with Crippen molar-refractivity contribution in [3.05, 3.63) is 17.5 Å². The number of nitrogens with one attached hydrogen (secondary N) is 1. The second kappa shape index (κ2) is 9.80. The molecule has 0 amide bonds. The first-order valence-electron chi connectivity index (χ1n) is 9.74. The summed E-state index contributed by atoms with van der Waals surface area (Å²) >= 11 is 0. The van der Waals surface area contributed by atoms with E-state index in [9.17, 15) is 0 Å². The van der Waals surface area contributed by atoms with E-state index in [0.717, 1.165) is 43.3 Å². The molecule has 25 heavy (non-hydrogen) atoms. The highest BCUT2D eigenvalue weighted by atomic mass is 16.5. The van der Waals surface area contributed by atoms with Gasteiger partial charge in [-0.25, -0.2) is 0 Å². The Morgan fingerprint density at radius 1 is 1.44 bits per heavy atom. The summed E-state index contributed by atoms with van der Waals surface area (Å²) in [5.41, 5.74) is 1.06. The van der Waals surface area contributed by atoms with Gasteiger partial charge >= 0.3 is 0 Å². The third-order valence-corrected chi connectivity index (χ3v) is 5.37. The van der Waals surface area contributed by atoms with E-state index in [1.807, 2.05) is 7.05 Å². The highest BCUT2D eigenvalue weighted by Gasteiger charge is 2.25. The van der Waals surface area contributed by atoms with Crippen LogP contribution in [0, 0.1) is 0 Å². The molecule has 2 rings (SSSR count). The fourth-order valence-corrected chi connectivity index (χ4v) is 3.78. The molecule has 1 aromatic rings. The van der Waals surface area contributed by atoms with Crippen LogP contribution in [0.15, 0.2) is 15.6 Å². The molecule has 1 saturated heterocycles. The Morgan fingerprint density at radius 2 is 2.20 bits per heavy atom. The smallest absolute Gasteiger partial charge is 0.193 e. The Morgan fingerprint density at radius 3 is 2.84 bits per heavy atom. The SMILES string of the molecule is CCC(CC)c1cc(CNC(=NC)N(C)CC2CCCN2CC)on1. The summed E-state index contributed by atoms with van der Waals surface area (Å²) in [5, 5.41) is 7.64. The minimum Gasteiger partial charge on any atom is -0.359 e. The zero-order valence-corrected chi connectivity index (χ0v) is 16.6. The molecular weight excluding hydrogens is 314 g/mol. The molecule has 1 unspecified atom stereocenters. The molecule has 0 radical (unpaired) electrons. The van der Waals surface area contributed by atoms with Gasteiger partial charge in [-0.3, -0.25) is 9.89 Å². The molecule has 1 N–H and O–H groups in total. The molecule has 1 aromatic heterocycles. The van der Waals surface area contributed by atoms with Gasteiger partial charge in [0.25, 0.3) is 0 Å². The third-order valence-electron chi connectivity index (χ3n) is 5.37. The molecule has 6 nitrogen and oxygen atoms in total. The first-order valence-corrected chi connectivity index (χ1v) is 9.74. The van der Waals surface area contributed by atoms with Gasteiger partial charge in [-0.1, -0.05) is 25.9 Å². The van der Waals surface area contributed by atoms with Crippen LogP contribution >= 0.6 is 0 Å². The van der Waals surface area contributed by atoms with E-state index < -0.39 is 0 Å². The molecule has 1 atom stereocenters. The molecule has 2 heterocycles. The lowest BCUT2D eigenvalue weighted by atomic mass is 9.99. The lowest BCUT2D eigenvalue weighted by Gasteiger charge is -2.29. The molecular formula is C19H35N5O. The highest BCUT2D eigenvalue weighted by molar-refractivity contribution is 5.79. The summed E-state index contributed by atoms with van der Waals surface area (Å²) < 4.78 is 5.50. The third kappa shape index (κ3) is 5.21. The van der Waals surface area contributed by atoms with Gasteiger partial charge in [0.15, 0.2) is 11.7 Å². The first-order chi connectivity index (χ1) is 12.1. The summed E-state index contributed by atoms with van der Waals surface area (Å²) in [4.78, 5) is 9.20. The largest absolute Gasteiger partial charge is 0.359 e. The van der Waals surface area contributed by atoms with Crippen molar-refractivity contribution >= 4 is 5.96 Å². The highest BCUT2D eigenvalue weighted by Crippen LogP contribution is 2.22. The van der Waals surface area contributed by atoms with E-state index in [-0.39, 0.29) is 0 Å². The summed E-state index contributed by atoms with van der Waals surface area (Å²) in [5.74, 6) is 2.26. The molecule has 142 valence electrons. The minimum absolute atomic E-state index is 0.488. The van der Waals surface area contributed by atoms with Gasteiger partial charge in [-0.2, -0.15) is 0 Å². The molecule has 0 saturated carbocycles. The summed E-state index contributed by atoms with van der Waals surface area (Å²) in [6.07, 6.45) is 4.76. The van der Waals surface area contributed by atoms with E-state index in [1.54, 1.807) is 0 Å². The van der Waals surface area contributed by atoms with Gasteiger partial charge in [0.2, 0.25) is 0 Å². The van der Waals surface area contributed by atoms with Crippen LogP contribution < -0.4 is 5.32 Å². The molecule has 1 fully saturated rings. The predicted molar refractivity (Wildman–Crippen MR) is 103 cm³/mol. The lowest BCUT2D eigenvalue weighted by Crippen LogP contribution is -2.45. The van der Waals surface area contributed by atoms with Crippen LogP contribution in [0.3, 0.4) is 0 Å². The van der Waals surface area contributed by atoms with Crippen LogP contribution in [-0.4, -0.2) is 60.7 Å². The number of likely N-dealkylation sites (N-methyl/N-ethyl adjacent to an activating group) is 2. The van der Waals surface area contributed by atoms with Crippen molar-refractivity contribution in [3.8, 4) is 0 Å². The van der Waals surface area contributed by atoms with Gasteiger partial charge in [0.1, 0.15) is 0 Å². The average Bonchev–Trinajstić information content (AvgIpc) is 3.26. The van der Waals surface area contributed by atoms with Gasteiger partial charge in [0.05, 0.1) is 12.2 Å². The van der Waals surface area contributed by atoms with Crippen molar-refractivity contribution in [3.63, 3.8) is 0 Å². The van der Waals surface area contributed by atoms with Crippen molar-refractivity contribution in [2.24, 2.45) is 4.99 Å². The van der Waals surface area contributed by atoms with E-state index in [2.05, 4.69) is 59.2 Å². The van der Waals surface area contributed by atoms with Crippen molar-refractivity contribution in [2.45, 2.75) is 65.0 Å². The van der Waals surface area contributed by atoms with E-state index in [0.29, 0.717) is 18.5 Å². The van der Waals surface area contributed by atoms with Crippen LogP contribution in [0.25, 0.3) is 0 Å². The number of aromatic nitrogens is 1. The van der Waals surface area contributed by atoms with Crippen LogP contribution in [0.2, 0.25) is 0 Å². The molecule has 0 aliphatic carbocycles. The zero-order chi connectivity index (χ0) is 18.2. The predicted octanol–water partition coefficient (Wildman–Crippen LogP) is 3.07.